The normalized spacial score (nSPS) is 10.7. The van der Waals surface area contributed by atoms with Gasteiger partial charge in [0.15, 0.2) is 6.73 Å². The van der Waals surface area contributed by atoms with Crippen LogP contribution in [0.25, 0.3) is 0 Å². The average Bonchev–Trinajstić information content (AvgIpc) is 3.21. The Morgan fingerprint density at radius 1 is 1.28 bits per heavy atom. The average molecular weight is 339 g/mol. The van der Waals surface area contributed by atoms with Crippen LogP contribution in [0.3, 0.4) is 0 Å². The number of benzene rings is 1. The third kappa shape index (κ3) is 4.26. The summed E-state index contributed by atoms with van der Waals surface area (Å²) in [7, 11) is 1.84. The van der Waals surface area contributed by atoms with Crippen LogP contribution in [0, 0.1) is 13.8 Å². The Bertz CT molecular complexity index is 881. The Morgan fingerprint density at radius 3 is 2.84 bits per heavy atom. The molecule has 2 aromatic heterocycles. The highest BCUT2D eigenvalue weighted by Gasteiger charge is 2.10. The molecule has 0 atom stereocenters. The van der Waals surface area contributed by atoms with Crippen molar-refractivity contribution in [2.45, 2.75) is 27.1 Å². The minimum Gasteiger partial charge on any atom is -0.471 e. The molecule has 0 unspecified atom stereocenters. The van der Waals surface area contributed by atoms with Gasteiger partial charge in [-0.1, -0.05) is 17.7 Å². The monoisotopic (exact) mass is 339 g/mol. The molecular formula is C18H21N5O2. The molecular weight excluding hydrogens is 318 g/mol. The maximum atomic E-state index is 12.1. The van der Waals surface area contributed by atoms with E-state index >= 15 is 0 Å². The van der Waals surface area contributed by atoms with Gasteiger partial charge in [0, 0.05) is 31.5 Å². The summed E-state index contributed by atoms with van der Waals surface area (Å²) in [6, 6.07) is 7.68. The van der Waals surface area contributed by atoms with Gasteiger partial charge in [-0.25, -0.2) is 4.68 Å². The molecule has 7 nitrogen and oxygen atoms in total. The fourth-order valence-corrected chi connectivity index (χ4v) is 2.49. The summed E-state index contributed by atoms with van der Waals surface area (Å²) in [5, 5.41) is 11.1. The summed E-state index contributed by atoms with van der Waals surface area (Å²) in [5.74, 6) is 0.581. The molecule has 7 heteroatoms. The van der Waals surface area contributed by atoms with Crippen LogP contribution in [0.4, 0.5) is 0 Å². The fraction of sp³-hybridized carbons (Fsp3) is 0.278. The number of ether oxygens (including phenoxy) is 1. The van der Waals surface area contributed by atoms with Gasteiger partial charge in [-0.3, -0.25) is 9.48 Å². The molecule has 0 radical (unpaired) electrons. The van der Waals surface area contributed by atoms with Crippen LogP contribution in [0.2, 0.25) is 0 Å². The molecule has 1 amide bonds. The van der Waals surface area contributed by atoms with Crippen LogP contribution >= 0.6 is 0 Å². The Balaban J connectivity index is 1.55. The summed E-state index contributed by atoms with van der Waals surface area (Å²) in [4.78, 5) is 12.1. The standard InChI is InChI=1S/C18H21N5O2/c1-13-4-5-17(14(2)8-13)25-12-23-7-6-16(21-23)18(24)19-9-15-10-20-22(3)11-15/h4-8,10-11H,9,12H2,1-3H3,(H,19,24). The maximum absolute atomic E-state index is 12.1. The number of nitrogens with one attached hydrogen (secondary N) is 1. The first-order chi connectivity index (χ1) is 12.0. The molecule has 0 saturated heterocycles. The molecule has 0 aliphatic heterocycles. The first-order valence-corrected chi connectivity index (χ1v) is 8.00. The van der Waals surface area contributed by atoms with Crippen molar-refractivity contribution in [2.75, 3.05) is 0 Å². The minimum absolute atomic E-state index is 0.228. The van der Waals surface area contributed by atoms with Crippen molar-refractivity contribution in [3.63, 3.8) is 0 Å². The minimum atomic E-state index is -0.228. The van der Waals surface area contributed by atoms with Gasteiger partial charge in [0.2, 0.25) is 0 Å². The number of carbonyl (C=O) groups is 1. The van der Waals surface area contributed by atoms with Crippen molar-refractivity contribution in [3.8, 4) is 5.75 Å². The molecule has 25 heavy (non-hydrogen) atoms. The van der Waals surface area contributed by atoms with Crippen molar-refractivity contribution in [2.24, 2.45) is 7.05 Å². The van der Waals surface area contributed by atoms with Crippen molar-refractivity contribution in [1.82, 2.24) is 24.9 Å². The first kappa shape index (κ1) is 16.8. The van der Waals surface area contributed by atoms with Crippen LogP contribution in [0.5, 0.6) is 5.75 Å². The molecule has 0 saturated carbocycles. The van der Waals surface area contributed by atoms with Gasteiger partial charge in [-0.05, 0) is 31.5 Å². The van der Waals surface area contributed by atoms with E-state index in [2.05, 4.69) is 21.6 Å². The van der Waals surface area contributed by atoms with Gasteiger partial charge in [0.1, 0.15) is 11.4 Å². The third-order valence-corrected chi connectivity index (χ3v) is 3.77. The molecule has 3 rings (SSSR count). The fourth-order valence-electron chi connectivity index (χ4n) is 2.49. The lowest BCUT2D eigenvalue weighted by atomic mass is 10.1. The topological polar surface area (TPSA) is 74.0 Å². The second kappa shape index (κ2) is 7.21. The van der Waals surface area contributed by atoms with Crippen molar-refractivity contribution in [1.29, 1.82) is 0 Å². The quantitative estimate of drug-likeness (QED) is 0.747. The molecule has 0 bridgehead atoms. The molecule has 0 aliphatic rings. The van der Waals surface area contributed by atoms with Gasteiger partial charge in [-0.2, -0.15) is 10.2 Å². The lowest BCUT2D eigenvalue weighted by Gasteiger charge is -2.09. The van der Waals surface area contributed by atoms with E-state index < -0.39 is 0 Å². The van der Waals surface area contributed by atoms with E-state index in [1.807, 2.05) is 39.2 Å². The van der Waals surface area contributed by atoms with Crippen LogP contribution in [0.15, 0.2) is 42.9 Å². The highest BCUT2D eigenvalue weighted by Crippen LogP contribution is 2.19. The second-order valence-corrected chi connectivity index (χ2v) is 5.99. The van der Waals surface area contributed by atoms with Gasteiger partial charge >= 0.3 is 0 Å². The summed E-state index contributed by atoms with van der Waals surface area (Å²) < 4.78 is 9.05. The van der Waals surface area contributed by atoms with Gasteiger partial charge in [0.25, 0.3) is 5.91 Å². The smallest absolute Gasteiger partial charge is 0.272 e. The maximum Gasteiger partial charge on any atom is 0.272 e. The molecule has 130 valence electrons. The lowest BCUT2D eigenvalue weighted by molar-refractivity contribution is 0.0944. The molecule has 1 N–H and O–H groups in total. The highest BCUT2D eigenvalue weighted by molar-refractivity contribution is 5.92. The Hall–Kier alpha value is -3.09. The predicted octanol–water partition coefficient (Wildman–Crippen LogP) is 2.20. The van der Waals surface area contributed by atoms with Crippen molar-refractivity contribution >= 4 is 5.91 Å². The molecule has 0 fully saturated rings. The number of rotatable bonds is 6. The summed E-state index contributed by atoms with van der Waals surface area (Å²) >= 11 is 0. The zero-order valence-corrected chi connectivity index (χ0v) is 14.6. The number of aryl methyl sites for hydroxylation is 3. The first-order valence-electron chi connectivity index (χ1n) is 8.00. The second-order valence-electron chi connectivity index (χ2n) is 5.99. The van der Waals surface area contributed by atoms with E-state index in [-0.39, 0.29) is 12.6 Å². The Kier molecular flexibility index (Phi) is 4.83. The SMILES string of the molecule is Cc1ccc(OCn2ccc(C(=O)NCc3cnn(C)c3)n2)c(C)c1. The number of hydrogen-bond acceptors (Lipinski definition) is 4. The van der Waals surface area contributed by atoms with Crippen LogP contribution in [-0.4, -0.2) is 25.5 Å². The molecule has 3 aromatic rings. The Labute approximate surface area is 146 Å². The number of nitrogens with zero attached hydrogens (tertiary/aromatic N) is 4. The zero-order chi connectivity index (χ0) is 17.8. The van der Waals surface area contributed by atoms with E-state index in [0.717, 1.165) is 16.9 Å². The molecule has 0 spiro atoms. The van der Waals surface area contributed by atoms with Crippen LogP contribution in [-0.2, 0) is 20.3 Å². The van der Waals surface area contributed by atoms with E-state index in [1.54, 1.807) is 27.8 Å². The summed E-state index contributed by atoms with van der Waals surface area (Å²) in [5.41, 5.74) is 3.56. The van der Waals surface area contributed by atoms with E-state index in [9.17, 15) is 4.79 Å². The highest BCUT2D eigenvalue weighted by atomic mass is 16.5. The van der Waals surface area contributed by atoms with E-state index in [4.69, 9.17) is 4.74 Å². The van der Waals surface area contributed by atoms with E-state index in [0.29, 0.717) is 12.2 Å². The van der Waals surface area contributed by atoms with Crippen molar-refractivity contribution in [3.05, 3.63) is 65.2 Å². The predicted molar refractivity (Wildman–Crippen MR) is 93.1 cm³/mol. The third-order valence-electron chi connectivity index (χ3n) is 3.77. The van der Waals surface area contributed by atoms with Crippen LogP contribution < -0.4 is 10.1 Å². The van der Waals surface area contributed by atoms with Gasteiger partial charge in [-0.15, -0.1) is 0 Å². The molecule has 1 aromatic carbocycles. The number of hydrogen-bond donors (Lipinski definition) is 1. The lowest BCUT2D eigenvalue weighted by Crippen LogP contribution is -2.23. The summed E-state index contributed by atoms with van der Waals surface area (Å²) in [6.45, 7) is 4.71. The zero-order valence-electron chi connectivity index (χ0n) is 14.6. The van der Waals surface area contributed by atoms with E-state index in [1.165, 1.54) is 5.56 Å². The van der Waals surface area contributed by atoms with Crippen molar-refractivity contribution < 1.29 is 9.53 Å². The summed E-state index contributed by atoms with van der Waals surface area (Å²) in [6.07, 6.45) is 5.30. The number of aromatic nitrogens is 4. The largest absolute Gasteiger partial charge is 0.471 e. The molecule has 0 aliphatic carbocycles. The van der Waals surface area contributed by atoms with Crippen LogP contribution in [0.1, 0.15) is 27.2 Å². The number of amides is 1. The van der Waals surface area contributed by atoms with Gasteiger partial charge < -0.3 is 10.1 Å². The van der Waals surface area contributed by atoms with Gasteiger partial charge in [0.05, 0.1) is 6.20 Å². The Morgan fingerprint density at radius 2 is 2.12 bits per heavy atom. The number of carbonyl (C=O) groups excluding carboxylic acids is 1. The molecule has 2 heterocycles.